The summed E-state index contributed by atoms with van der Waals surface area (Å²) in [5, 5.41) is 3.48. The number of rotatable bonds is 13. The SMILES string of the molecule is CC[C@H](C(=O)NC(C)C)N(Cc1c(Cl)cccc1Cl)C(=O)CN(c1ccc(OC)c(OC)c1)S(=O)(=O)c1ccccc1. The summed E-state index contributed by atoms with van der Waals surface area (Å²) in [7, 11) is -1.36. The minimum Gasteiger partial charge on any atom is -0.493 e. The van der Waals surface area contributed by atoms with Crippen molar-refractivity contribution < 1.29 is 27.5 Å². The number of ether oxygens (including phenoxy) is 2. The molecule has 3 aromatic rings. The molecule has 0 bridgehead atoms. The van der Waals surface area contributed by atoms with Crippen molar-refractivity contribution in [2.45, 2.75) is 50.7 Å². The van der Waals surface area contributed by atoms with E-state index in [0.29, 0.717) is 21.4 Å². The summed E-state index contributed by atoms with van der Waals surface area (Å²) in [6, 6.07) is 16.1. The van der Waals surface area contributed by atoms with Gasteiger partial charge in [0.05, 0.1) is 24.8 Å². The maximum Gasteiger partial charge on any atom is 0.264 e. The molecule has 0 aromatic heterocycles. The molecule has 0 heterocycles. The second-order valence-electron chi connectivity index (χ2n) is 9.67. The van der Waals surface area contributed by atoms with Gasteiger partial charge in [-0.1, -0.05) is 54.4 Å². The third-order valence-electron chi connectivity index (χ3n) is 6.47. The molecule has 1 N–H and O–H groups in total. The second kappa shape index (κ2) is 14.6. The van der Waals surface area contributed by atoms with Crippen molar-refractivity contribution in [3.05, 3.63) is 82.3 Å². The van der Waals surface area contributed by atoms with Crippen LogP contribution < -0.4 is 19.1 Å². The van der Waals surface area contributed by atoms with Gasteiger partial charge in [-0.3, -0.25) is 13.9 Å². The molecule has 12 heteroatoms. The quantitative estimate of drug-likeness (QED) is 0.264. The first kappa shape index (κ1) is 33.0. The molecule has 0 radical (unpaired) electrons. The maximum absolute atomic E-state index is 14.2. The summed E-state index contributed by atoms with van der Waals surface area (Å²) in [6.45, 7) is 4.65. The molecule has 0 saturated heterocycles. The molecular formula is C30H35Cl2N3O6S. The van der Waals surface area contributed by atoms with Crippen molar-refractivity contribution in [1.82, 2.24) is 10.2 Å². The van der Waals surface area contributed by atoms with E-state index in [4.69, 9.17) is 32.7 Å². The average Bonchev–Trinajstić information content (AvgIpc) is 2.96. The van der Waals surface area contributed by atoms with E-state index in [-0.39, 0.29) is 41.2 Å². The van der Waals surface area contributed by atoms with E-state index in [1.807, 2.05) is 13.8 Å². The lowest BCUT2D eigenvalue weighted by Gasteiger charge is -2.34. The lowest BCUT2D eigenvalue weighted by Crippen LogP contribution is -2.53. The van der Waals surface area contributed by atoms with E-state index in [1.165, 1.54) is 43.4 Å². The topological polar surface area (TPSA) is 105 Å². The first-order valence-electron chi connectivity index (χ1n) is 13.3. The molecule has 3 rings (SSSR count). The van der Waals surface area contributed by atoms with Crippen molar-refractivity contribution in [3.8, 4) is 11.5 Å². The monoisotopic (exact) mass is 635 g/mol. The number of nitrogens with one attached hydrogen (secondary N) is 1. The first-order valence-corrected chi connectivity index (χ1v) is 15.5. The Morgan fingerprint density at radius 2 is 1.52 bits per heavy atom. The van der Waals surface area contributed by atoms with Crippen LogP contribution in [0.3, 0.4) is 0 Å². The molecule has 42 heavy (non-hydrogen) atoms. The van der Waals surface area contributed by atoms with Crippen LogP contribution >= 0.6 is 23.2 Å². The van der Waals surface area contributed by atoms with Crippen LogP contribution in [0.25, 0.3) is 0 Å². The van der Waals surface area contributed by atoms with E-state index in [2.05, 4.69) is 5.32 Å². The van der Waals surface area contributed by atoms with Gasteiger partial charge in [-0.25, -0.2) is 8.42 Å². The number of benzene rings is 3. The summed E-state index contributed by atoms with van der Waals surface area (Å²) in [4.78, 5) is 28.8. The van der Waals surface area contributed by atoms with Crippen LogP contribution in [0.1, 0.15) is 32.8 Å². The third kappa shape index (κ3) is 7.67. The van der Waals surface area contributed by atoms with Crippen molar-refractivity contribution in [2.24, 2.45) is 0 Å². The highest BCUT2D eigenvalue weighted by atomic mass is 35.5. The number of anilines is 1. The predicted molar refractivity (Wildman–Crippen MR) is 165 cm³/mol. The summed E-state index contributed by atoms with van der Waals surface area (Å²) in [6.07, 6.45) is 0.258. The standard InChI is InChI=1S/C30H35Cl2N3O6S/c1-6-26(30(37)33-20(2)3)34(18-23-24(31)13-10-14-25(23)32)29(36)19-35(42(38,39)22-11-8-7-9-12-22)21-15-16-27(40-4)28(17-21)41-5/h7-17,20,26H,6,18-19H2,1-5H3,(H,33,37)/t26-/m1/s1. The Morgan fingerprint density at radius 3 is 2.07 bits per heavy atom. The number of carbonyl (C=O) groups excluding carboxylic acids is 2. The van der Waals surface area contributed by atoms with E-state index in [9.17, 15) is 18.0 Å². The fourth-order valence-corrected chi connectivity index (χ4v) is 6.33. The van der Waals surface area contributed by atoms with E-state index in [0.717, 1.165) is 4.31 Å². The van der Waals surface area contributed by atoms with Crippen LogP contribution in [0.15, 0.2) is 71.6 Å². The molecule has 0 aliphatic rings. The molecule has 2 amide bonds. The second-order valence-corrected chi connectivity index (χ2v) is 12.3. The fourth-order valence-electron chi connectivity index (χ4n) is 4.38. The van der Waals surface area contributed by atoms with Gasteiger partial charge in [0, 0.05) is 34.3 Å². The molecule has 0 saturated carbocycles. The van der Waals surface area contributed by atoms with E-state index in [1.54, 1.807) is 49.4 Å². The molecule has 1 atom stereocenters. The fraction of sp³-hybridized carbons (Fsp3) is 0.333. The van der Waals surface area contributed by atoms with Crippen molar-refractivity contribution in [3.63, 3.8) is 0 Å². The van der Waals surface area contributed by atoms with Gasteiger partial charge >= 0.3 is 0 Å². The Labute approximate surface area is 257 Å². The number of sulfonamides is 1. The number of nitrogens with zero attached hydrogens (tertiary/aromatic N) is 2. The van der Waals surface area contributed by atoms with Gasteiger partial charge in [0.25, 0.3) is 10.0 Å². The van der Waals surface area contributed by atoms with Crippen LogP contribution in [-0.4, -0.2) is 58.0 Å². The lowest BCUT2D eigenvalue weighted by atomic mass is 10.1. The average molecular weight is 637 g/mol. The molecule has 226 valence electrons. The highest BCUT2D eigenvalue weighted by Crippen LogP contribution is 2.34. The lowest BCUT2D eigenvalue weighted by molar-refractivity contribution is -0.140. The Hall–Kier alpha value is -3.47. The normalized spacial score (nSPS) is 12.0. The zero-order valence-corrected chi connectivity index (χ0v) is 26.5. The Balaban J connectivity index is 2.15. The van der Waals surface area contributed by atoms with Gasteiger partial charge < -0.3 is 19.7 Å². The number of amides is 2. The number of carbonyl (C=O) groups is 2. The molecule has 0 fully saturated rings. The first-order chi connectivity index (χ1) is 19.9. The van der Waals surface area contributed by atoms with Gasteiger partial charge in [0.15, 0.2) is 11.5 Å². The van der Waals surface area contributed by atoms with E-state index < -0.39 is 28.5 Å². The number of hydrogen-bond donors (Lipinski definition) is 1. The maximum atomic E-state index is 14.2. The zero-order valence-electron chi connectivity index (χ0n) is 24.1. The van der Waals surface area contributed by atoms with Crippen LogP contribution in [0.5, 0.6) is 11.5 Å². The molecular weight excluding hydrogens is 601 g/mol. The van der Waals surface area contributed by atoms with Crippen LogP contribution in [0.2, 0.25) is 10.0 Å². The summed E-state index contributed by atoms with van der Waals surface area (Å²) >= 11 is 12.9. The Bertz CT molecular complexity index is 1480. The highest BCUT2D eigenvalue weighted by molar-refractivity contribution is 7.92. The van der Waals surface area contributed by atoms with Crippen LogP contribution in [0.4, 0.5) is 5.69 Å². The minimum absolute atomic E-state index is 0.0159. The van der Waals surface area contributed by atoms with Gasteiger partial charge in [-0.05, 0) is 56.7 Å². The molecule has 0 aliphatic carbocycles. The highest BCUT2D eigenvalue weighted by Gasteiger charge is 2.34. The van der Waals surface area contributed by atoms with Gasteiger partial charge in [0.2, 0.25) is 11.8 Å². The smallest absolute Gasteiger partial charge is 0.264 e. The Kier molecular flexibility index (Phi) is 11.5. The number of hydrogen-bond acceptors (Lipinski definition) is 6. The van der Waals surface area contributed by atoms with E-state index >= 15 is 0 Å². The van der Waals surface area contributed by atoms with Crippen LogP contribution in [-0.2, 0) is 26.2 Å². The van der Waals surface area contributed by atoms with Crippen molar-refractivity contribution in [1.29, 1.82) is 0 Å². The predicted octanol–water partition coefficient (Wildman–Crippen LogP) is 5.54. The largest absolute Gasteiger partial charge is 0.493 e. The van der Waals surface area contributed by atoms with Gasteiger partial charge in [-0.2, -0.15) is 0 Å². The third-order valence-corrected chi connectivity index (χ3v) is 8.97. The minimum atomic E-state index is -4.25. The molecule has 0 unspecified atom stereocenters. The summed E-state index contributed by atoms with van der Waals surface area (Å²) in [5.74, 6) is -0.354. The molecule has 0 spiro atoms. The zero-order chi connectivity index (χ0) is 31.0. The Morgan fingerprint density at radius 1 is 0.905 bits per heavy atom. The van der Waals surface area contributed by atoms with Gasteiger partial charge in [-0.15, -0.1) is 0 Å². The summed E-state index contributed by atoms with van der Waals surface area (Å²) < 4.78 is 39.7. The molecule has 0 aliphatic heterocycles. The van der Waals surface area contributed by atoms with Crippen LogP contribution in [0, 0.1) is 0 Å². The molecule has 3 aromatic carbocycles. The molecule has 9 nitrogen and oxygen atoms in total. The summed E-state index contributed by atoms with van der Waals surface area (Å²) in [5.41, 5.74) is 0.605. The van der Waals surface area contributed by atoms with Gasteiger partial charge in [0.1, 0.15) is 12.6 Å². The van der Waals surface area contributed by atoms with Crippen molar-refractivity contribution >= 4 is 50.7 Å². The number of methoxy groups -OCH3 is 2. The number of halogens is 2. The van der Waals surface area contributed by atoms with Crippen molar-refractivity contribution in [2.75, 3.05) is 25.1 Å².